The van der Waals surface area contributed by atoms with E-state index in [-0.39, 0.29) is 11.9 Å². The van der Waals surface area contributed by atoms with Gasteiger partial charge in [0, 0.05) is 31.2 Å². The summed E-state index contributed by atoms with van der Waals surface area (Å²) in [6.45, 7) is 3.76. The summed E-state index contributed by atoms with van der Waals surface area (Å²) in [6.07, 6.45) is 2.42. The number of rotatable bonds is 3. The highest BCUT2D eigenvalue weighted by Gasteiger charge is 2.32. The van der Waals surface area contributed by atoms with Crippen molar-refractivity contribution >= 4 is 11.9 Å². The van der Waals surface area contributed by atoms with Crippen LogP contribution in [0.2, 0.25) is 0 Å². The average Bonchev–Trinajstić information content (AvgIpc) is 3.20. The Hall–Kier alpha value is -2.66. The molecule has 0 spiro atoms. The third-order valence-electron chi connectivity index (χ3n) is 5.65. The number of nitrogens with zero attached hydrogens (tertiary/aromatic N) is 2. The third kappa shape index (κ3) is 3.47. The molecule has 2 heterocycles. The van der Waals surface area contributed by atoms with Crippen LogP contribution in [0.1, 0.15) is 33.6 Å². The van der Waals surface area contributed by atoms with Crippen LogP contribution in [-0.2, 0) is 4.74 Å². The summed E-state index contributed by atoms with van der Waals surface area (Å²) >= 11 is 0. The molecule has 5 heteroatoms. The Balaban J connectivity index is 1.53. The highest BCUT2D eigenvalue weighted by atomic mass is 16.5. The number of esters is 1. The van der Waals surface area contributed by atoms with E-state index in [1.165, 1.54) is 26.5 Å². The van der Waals surface area contributed by atoms with Crippen LogP contribution in [0.15, 0.2) is 48.5 Å². The molecule has 0 saturated carbocycles. The first-order chi connectivity index (χ1) is 13.2. The molecule has 27 heavy (non-hydrogen) atoms. The molecule has 0 aromatic heterocycles. The number of fused-ring (bicyclic) bond motifs is 1. The predicted octanol–water partition coefficient (Wildman–Crippen LogP) is 3.06. The number of piperazine rings is 1. The smallest absolute Gasteiger partial charge is 0.338 e. The molecule has 1 unspecified atom stereocenters. The minimum atomic E-state index is -0.361. The van der Waals surface area contributed by atoms with Gasteiger partial charge in [-0.15, -0.1) is 0 Å². The quantitative estimate of drug-likeness (QED) is 0.786. The Morgan fingerprint density at radius 1 is 1.00 bits per heavy atom. The fraction of sp³-hybridized carbons (Fsp3) is 0.364. The van der Waals surface area contributed by atoms with Crippen LogP contribution in [0.5, 0.6) is 0 Å². The topological polar surface area (TPSA) is 49.9 Å². The monoisotopic (exact) mass is 364 g/mol. The van der Waals surface area contributed by atoms with Gasteiger partial charge in [-0.25, -0.2) is 4.79 Å². The summed E-state index contributed by atoms with van der Waals surface area (Å²) in [4.78, 5) is 29.4. The van der Waals surface area contributed by atoms with E-state index in [1.54, 1.807) is 6.07 Å². The lowest BCUT2D eigenvalue weighted by Crippen LogP contribution is -2.52. The normalized spacial score (nSPS) is 19.6. The maximum absolute atomic E-state index is 12.9. The van der Waals surface area contributed by atoms with E-state index in [2.05, 4.69) is 4.90 Å². The van der Waals surface area contributed by atoms with Gasteiger partial charge in [-0.05, 0) is 48.7 Å². The van der Waals surface area contributed by atoms with Gasteiger partial charge in [0.1, 0.15) is 0 Å². The van der Waals surface area contributed by atoms with Gasteiger partial charge in [-0.3, -0.25) is 9.69 Å². The Morgan fingerprint density at radius 3 is 2.56 bits per heavy atom. The molecule has 4 rings (SSSR count). The molecule has 140 valence electrons. The summed E-state index contributed by atoms with van der Waals surface area (Å²) in [5.41, 5.74) is 2.92. The van der Waals surface area contributed by atoms with Crippen molar-refractivity contribution in [3.63, 3.8) is 0 Å². The second kappa shape index (κ2) is 7.53. The molecule has 2 aromatic rings. The largest absolute Gasteiger partial charge is 0.465 e. The molecule has 2 aliphatic rings. The van der Waals surface area contributed by atoms with Crippen LogP contribution in [-0.4, -0.2) is 61.0 Å². The van der Waals surface area contributed by atoms with Crippen molar-refractivity contribution in [3.8, 4) is 11.1 Å². The van der Waals surface area contributed by atoms with Gasteiger partial charge in [0.05, 0.1) is 12.7 Å². The number of methoxy groups -OCH3 is 1. The molecule has 0 N–H and O–H groups in total. The van der Waals surface area contributed by atoms with Crippen molar-refractivity contribution < 1.29 is 14.3 Å². The lowest BCUT2D eigenvalue weighted by Gasteiger charge is -2.37. The second-order valence-corrected chi connectivity index (χ2v) is 7.20. The zero-order valence-electron chi connectivity index (χ0n) is 15.6. The van der Waals surface area contributed by atoms with Crippen molar-refractivity contribution in [1.29, 1.82) is 0 Å². The number of carbonyl (C=O) groups is 2. The molecule has 1 amide bonds. The summed E-state index contributed by atoms with van der Waals surface area (Å²) in [7, 11) is 1.38. The number of benzene rings is 2. The maximum Gasteiger partial charge on any atom is 0.338 e. The van der Waals surface area contributed by atoms with Gasteiger partial charge in [0.25, 0.3) is 5.91 Å². The molecule has 5 nitrogen and oxygen atoms in total. The summed E-state index contributed by atoms with van der Waals surface area (Å²) in [5.74, 6) is -0.269. The van der Waals surface area contributed by atoms with Crippen LogP contribution in [0, 0.1) is 0 Å². The molecule has 0 aliphatic carbocycles. The van der Waals surface area contributed by atoms with Crippen LogP contribution in [0.4, 0.5) is 0 Å². The van der Waals surface area contributed by atoms with E-state index < -0.39 is 0 Å². The molecular formula is C22H24N2O3. The number of hydrogen-bond acceptors (Lipinski definition) is 4. The fourth-order valence-electron chi connectivity index (χ4n) is 4.17. The summed E-state index contributed by atoms with van der Waals surface area (Å²) in [5, 5.41) is 0. The first-order valence-electron chi connectivity index (χ1n) is 9.48. The first-order valence-corrected chi connectivity index (χ1v) is 9.48. The Bertz CT molecular complexity index is 847. The van der Waals surface area contributed by atoms with E-state index >= 15 is 0 Å². The molecule has 0 bridgehead atoms. The van der Waals surface area contributed by atoms with E-state index in [1.807, 2.05) is 47.4 Å². The van der Waals surface area contributed by atoms with Gasteiger partial charge in [-0.1, -0.05) is 30.3 Å². The van der Waals surface area contributed by atoms with Crippen LogP contribution in [0.3, 0.4) is 0 Å². The predicted molar refractivity (Wildman–Crippen MR) is 104 cm³/mol. The lowest BCUT2D eigenvalue weighted by atomic mass is 9.98. The number of hydrogen-bond donors (Lipinski definition) is 0. The molecule has 2 saturated heterocycles. The Kier molecular flexibility index (Phi) is 4.94. The summed E-state index contributed by atoms with van der Waals surface area (Å²) in [6, 6.07) is 15.4. The van der Waals surface area contributed by atoms with Crippen molar-refractivity contribution in [2.24, 2.45) is 0 Å². The SMILES string of the molecule is COC(=O)c1ccccc1-c1ccc(C(=O)N2CCN3CCCC3C2)cc1. The Labute approximate surface area is 159 Å². The second-order valence-electron chi connectivity index (χ2n) is 7.20. The lowest BCUT2D eigenvalue weighted by molar-refractivity contribution is 0.0569. The molecular weight excluding hydrogens is 340 g/mol. The van der Waals surface area contributed by atoms with Gasteiger partial charge in [0.2, 0.25) is 0 Å². The van der Waals surface area contributed by atoms with Crippen molar-refractivity contribution in [1.82, 2.24) is 9.80 Å². The Morgan fingerprint density at radius 2 is 1.78 bits per heavy atom. The zero-order valence-corrected chi connectivity index (χ0v) is 15.6. The molecule has 2 aliphatic heterocycles. The highest BCUT2D eigenvalue weighted by Crippen LogP contribution is 2.26. The van der Waals surface area contributed by atoms with Crippen LogP contribution < -0.4 is 0 Å². The fourth-order valence-corrected chi connectivity index (χ4v) is 4.17. The zero-order chi connectivity index (χ0) is 18.8. The van der Waals surface area contributed by atoms with Gasteiger partial charge >= 0.3 is 5.97 Å². The van der Waals surface area contributed by atoms with Crippen molar-refractivity contribution in [2.75, 3.05) is 33.3 Å². The van der Waals surface area contributed by atoms with E-state index in [9.17, 15) is 9.59 Å². The van der Waals surface area contributed by atoms with E-state index in [0.717, 1.165) is 30.8 Å². The van der Waals surface area contributed by atoms with Crippen molar-refractivity contribution in [3.05, 3.63) is 59.7 Å². The molecule has 2 fully saturated rings. The number of ether oxygens (including phenoxy) is 1. The first kappa shape index (κ1) is 17.7. The van der Waals surface area contributed by atoms with Crippen LogP contribution in [0.25, 0.3) is 11.1 Å². The van der Waals surface area contributed by atoms with Crippen LogP contribution >= 0.6 is 0 Å². The molecule has 2 aromatic carbocycles. The minimum Gasteiger partial charge on any atom is -0.465 e. The van der Waals surface area contributed by atoms with Gasteiger partial charge in [0.15, 0.2) is 0 Å². The number of carbonyl (C=O) groups excluding carboxylic acids is 2. The van der Waals surface area contributed by atoms with Crippen molar-refractivity contribution in [2.45, 2.75) is 18.9 Å². The summed E-state index contributed by atoms with van der Waals surface area (Å²) < 4.78 is 4.87. The van der Waals surface area contributed by atoms with E-state index in [4.69, 9.17) is 4.74 Å². The van der Waals surface area contributed by atoms with Gasteiger partial charge < -0.3 is 9.64 Å². The molecule has 0 radical (unpaired) electrons. The average molecular weight is 364 g/mol. The third-order valence-corrected chi connectivity index (χ3v) is 5.65. The molecule has 1 atom stereocenters. The minimum absolute atomic E-state index is 0.0920. The van der Waals surface area contributed by atoms with E-state index in [0.29, 0.717) is 17.2 Å². The van der Waals surface area contributed by atoms with Gasteiger partial charge in [-0.2, -0.15) is 0 Å². The standard InChI is InChI=1S/C22H24N2O3/c1-27-22(26)20-7-3-2-6-19(20)16-8-10-17(11-9-16)21(25)24-14-13-23-12-4-5-18(23)15-24/h2-3,6-11,18H,4-5,12-15H2,1H3. The highest BCUT2D eigenvalue weighted by molar-refractivity contribution is 5.98. The maximum atomic E-state index is 12.9. The number of amides is 1.